The molecule has 0 heterocycles. The number of hydrogen-bond acceptors (Lipinski definition) is 4. The molecule has 2 amide bonds. The molecular weight excluding hydrogens is 402 g/mol. The first-order chi connectivity index (χ1) is 15.5. The molecule has 0 atom stereocenters. The quantitative estimate of drug-likeness (QED) is 0.306. The van der Waals surface area contributed by atoms with Crippen LogP contribution in [0, 0.1) is 17.8 Å². The molecule has 6 heteroatoms. The molecule has 6 rings (SSSR count). The van der Waals surface area contributed by atoms with Crippen molar-refractivity contribution in [1.82, 2.24) is 10.7 Å². The highest BCUT2D eigenvalue weighted by Gasteiger charge is 2.51. The Balaban J connectivity index is 1.15. The average Bonchev–Trinajstić information content (AvgIpc) is 2.73. The van der Waals surface area contributed by atoms with Gasteiger partial charge < -0.3 is 10.1 Å². The Morgan fingerprint density at radius 3 is 1.97 bits per heavy atom. The minimum atomic E-state index is -0.332. The SMILES string of the molecule is CC(=O)Oc1ccc(-c2ccc(C=NNC(=O)NC34CC5CC(CC(C5)C3)C4)cc2)cc1. The number of carbonyl (C=O) groups is 2. The standard InChI is InChI=1S/C26H29N3O3/c1-17(30)32-24-8-6-23(7-9-24)22-4-2-18(3-5-22)16-27-29-25(31)28-26-13-19-10-20(14-26)12-21(11-19)15-26/h2-9,16,19-21H,10-15H2,1H3,(H2,28,29,31). The van der Waals surface area contributed by atoms with E-state index in [1.165, 1.54) is 26.2 Å². The van der Waals surface area contributed by atoms with E-state index in [2.05, 4.69) is 15.8 Å². The maximum atomic E-state index is 12.5. The number of ether oxygens (including phenoxy) is 1. The van der Waals surface area contributed by atoms with Crippen molar-refractivity contribution in [1.29, 1.82) is 0 Å². The highest BCUT2D eigenvalue weighted by Crippen LogP contribution is 2.55. The van der Waals surface area contributed by atoms with E-state index in [-0.39, 0.29) is 17.5 Å². The Hall–Kier alpha value is -3.15. The molecule has 0 saturated heterocycles. The summed E-state index contributed by atoms with van der Waals surface area (Å²) in [6.07, 6.45) is 9.10. The van der Waals surface area contributed by atoms with Crippen LogP contribution in [0.15, 0.2) is 53.6 Å². The maximum absolute atomic E-state index is 12.5. The summed E-state index contributed by atoms with van der Waals surface area (Å²) in [5.74, 6) is 2.58. The van der Waals surface area contributed by atoms with Gasteiger partial charge in [0.15, 0.2) is 0 Å². The van der Waals surface area contributed by atoms with Crippen LogP contribution in [0.2, 0.25) is 0 Å². The van der Waals surface area contributed by atoms with E-state index in [9.17, 15) is 9.59 Å². The summed E-state index contributed by atoms with van der Waals surface area (Å²) in [6.45, 7) is 1.38. The van der Waals surface area contributed by atoms with E-state index in [0.717, 1.165) is 53.7 Å². The molecule has 166 valence electrons. The van der Waals surface area contributed by atoms with E-state index >= 15 is 0 Å². The van der Waals surface area contributed by atoms with E-state index in [1.807, 2.05) is 36.4 Å². The van der Waals surface area contributed by atoms with Crippen LogP contribution in [-0.4, -0.2) is 23.8 Å². The van der Waals surface area contributed by atoms with Crippen LogP contribution in [0.4, 0.5) is 4.79 Å². The molecule has 2 aromatic rings. The van der Waals surface area contributed by atoms with Gasteiger partial charge in [-0.3, -0.25) is 4.79 Å². The van der Waals surface area contributed by atoms with Crippen molar-refractivity contribution in [3.63, 3.8) is 0 Å². The summed E-state index contributed by atoms with van der Waals surface area (Å²) in [7, 11) is 0. The summed E-state index contributed by atoms with van der Waals surface area (Å²) >= 11 is 0. The average molecular weight is 432 g/mol. The van der Waals surface area contributed by atoms with Crippen LogP contribution in [0.3, 0.4) is 0 Å². The molecule has 0 radical (unpaired) electrons. The lowest BCUT2D eigenvalue weighted by molar-refractivity contribution is -0.131. The number of carbonyl (C=O) groups excluding carboxylic acids is 2. The van der Waals surface area contributed by atoms with E-state index in [0.29, 0.717) is 5.75 Å². The maximum Gasteiger partial charge on any atom is 0.335 e. The van der Waals surface area contributed by atoms with Crippen molar-refractivity contribution in [3.8, 4) is 16.9 Å². The molecule has 0 unspecified atom stereocenters. The van der Waals surface area contributed by atoms with Crippen molar-refractivity contribution in [2.75, 3.05) is 0 Å². The molecule has 0 aromatic heterocycles. The van der Waals surface area contributed by atoms with Crippen molar-refractivity contribution in [3.05, 3.63) is 54.1 Å². The second-order valence-electron chi connectivity index (χ2n) is 9.76. The normalized spacial score (nSPS) is 28.0. The van der Waals surface area contributed by atoms with Crippen LogP contribution in [-0.2, 0) is 4.79 Å². The van der Waals surface area contributed by atoms with Gasteiger partial charge in [0.05, 0.1) is 6.21 Å². The molecule has 6 nitrogen and oxygen atoms in total. The third kappa shape index (κ3) is 4.54. The number of hydrogen-bond donors (Lipinski definition) is 2. The second-order valence-corrected chi connectivity index (χ2v) is 9.76. The van der Waals surface area contributed by atoms with Crippen LogP contribution in [0.5, 0.6) is 5.75 Å². The zero-order chi connectivity index (χ0) is 22.1. The fourth-order valence-corrected chi connectivity index (χ4v) is 6.34. The topological polar surface area (TPSA) is 79.8 Å². The molecular formula is C26H29N3O3. The molecule has 4 bridgehead atoms. The first kappa shape index (κ1) is 20.7. The zero-order valence-corrected chi connectivity index (χ0v) is 18.3. The minimum Gasteiger partial charge on any atom is -0.427 e. The molecule has 0 aliphatic heterocycles. The Morgan fingerprint density at radius 2 is 1.44 bits per heavy atom. The number of hydrazone groups is 1. The number of benzene rings is 2. The minimum absolute atomic E-state index is 0.0129. The van der Waals surface area contributed by atoms with Gasteiger partial charge in [-0.15, -0.1) is 0 Å². The Kier molecular flexibility index (Phi) is 5.45. The third-order valence-electron chi connectivity index (χ3n) is 7.16. The van der Waals surface area contributed by atoms with Crippen molar-refractivity contribution in [2.24, 2.45) is 22.9 Å². The Bertz CT molecular complexity index is 992. The van der Waals surface area contributed by atoms with Gasteiger partial charge >= 0.3 is 12.0 Å². The van der Waals surface area contributed by atoms with Gasteiger partial charge in [0, 0.05) is 12.5 Å². The van der Waals surface area contributed by atoms with Gasteiger partial charge in [0.25, 0.3) is 0 Å². The van der Waals surface area contributed by atoms with Crippen LogP contribution >= 0.6 is 0 Å². The fraction of sp³-hybridized carbons (Fsp3) is 0.423. The lowest BCUT2D eigenvalue weighted by Crippen LogP contribution is -2.61. The molecule has 4 fully saturated rings. The van der Waals surface area contributed by atoms with Crippen LogP contribution < -0.4 is 15.5 Å². The first-order valence-electron chi connectivity index (χ1n) is 11.5. The Labute approximate surface area is 188 Å². The van der Waals surface area contributed by atoms with Crippen molar-refractivity contribution >= 4 is 18.2 Å². The van der Waals surface area contributed by atoms with Crippen molar-refractivity contribution < 1.29 is 14.3 Å². The number of nitrogens with zero attached hydrogens (tertiary/aromatic N) is 1. The largest absolute Gasteiger partial charge is 0.427 e. The van der Waals surface area contributed by atoms with Gasteiger partial charge in [0.2, 0.25) is 0 Å². The predicted molar refractivity (Wildman–Crippen MR) is 123 cm³/mol. The summed E-state index contributed by atoms with van der Waals surface area (Å²) < 4.78 is 5.07. The number of nitrogens with one attached hydrogen (secondary N) is 2. The molecule has 4 saturated carbocycles. The highest BCUT2D eigenvalue weighted by atomic mass is 16.5. The molecule has 32 heavy (non-hydrogen) atoms. The summed E-state index contributed by atoms with van der Waals surface area (Å²) in [6, 6.07) is 15.1. The predicted octanol–water partition coefficient (Wildman–Crippen LogP) is 4.88. The van der Waals surface area contributed by atoms with E-state index < -0.39 is 0 Å². The molecule has 2 aromatic carbocycles. The summed E-state index contributed by atoms with van der Waals surface area (Å²) in [5, 5.41) is 7.41. The number of amides is 2. The van der Waals surface area contributed by atoms with Gasteiger partial charge in [0.1, 0.15) is 5.75 Å². The zero-order valence-electron chi connectivity index (χ0n) is 18.3. The van der Waals surface area contributed by atoms with Crippen LogP contribution in [0.1, 0.15) is 51.0 Å². The molecule has 2 N–H and O–H groups in total. The number of urea groups is 1. The lowest BCUT2D eigenvalue weighted by Gasteiger charge is -2.56. The summed E-state index contributed by atoms with van der Waals surface area (Å²) in [4.78, 5) is 23.5. The molecule has 0 spiro atoms. The number of rotatable bonds is 5. The van der Waals surface area contributed by atoms with Crippen molar-refractivity contribution in [2.45, 2.75) is 51.0 Å². The first-order valence-corrected chi connectivity index (χ1v) is 11.5. The lowest BCUT2D eigenvalue weighted by atomic mass is 9.53. The summed E-state index contributed by atoms with van der Waals surface area (Å²) in [5.41, 5.74) is 5.61. The fourth-order valence-electron chi connectivity index (χ4n) is 6.34. The Morgan fingerprint density at radius 1 is 0.906 bits per heavy atom. The van der Waals surface area contributed by atoms with E-state index in [1.54, 1.807) is 18.3 Å². The molecule has 4 aliphatic rings. The van der Waals surface area contributed by atoms with Gasteiger partial charge in [-0.2, -0.15) is 5.10 Å². The smallest absolute Gasteiger partial charge is 0.335 e. The van der Waals surface area contributed by atoms with Gasteiger partial charge in [-0.25, -0.2) is 10.2 Å². The molecule has 4 aliphatic carbocycles. The van der Waals surface area contributed by atoms with E-state index in [4.69, 9.17) is 4.74 Å². The van der Waals surface area contributed by atoms with Crippen LogP contribution in [0.25, 0.3) is 11.1 Å². The third-order valence-corrected chi connectivity index (χ3v) is 7.16. The highest BCUT2D eigenvalue weighted by molar-refractivity contribution is 5.83. The monoisotopic (exact) mass is 431 g/mol. The second kappa shape index (κ2) is 8.41. The number of esters is 1. The van der Waals surface area contributed by atoms with Gasteiger partial charge in [-0.05, 0) is 85.1 Å². The van der Waals surface area contributed by atoms with Gasteiger partial charge in [-0.1, -0.05) is 36.4 Å².